The molecule has 0 amide bonds. The van der Waals surface area contributed by atoms with Crippen molar-refractivity contribution in [1.29, 1.82) is 0 Å². The minimum absolute atomic E-state index is 0.136. The molecule has 2 aliphatic rings. The molecule has 0 N–H and O–H groups in total. The standard InChI is InChI=1S/C12H16F2O3/c1-11(2)6-4-5-12(11,3)8(15)7(6)17-10(16)9(13)14/h6-7,9H,4-5H2,1-3H3. The highest BCUT2D eigenvalue weighted by atomic mass is 19.3. The summed E-state index contributed by atoms with van der Waals surface area (Å²) in [6.07, 6.45) is -2.66. The van der Waals surface area contributed by atoms with E-state index in [2.05, 4.69) is 4.74 Å². The fraction of sp³-hybridized carbons (Fsp3) is 0.833. The SMILES string of the molecule is CC12CCC(C(OC(=O)C(F)F)C1=O)C2(C)C. The zero-order valence-electron chi connectivity index (χ0n) is 10.1. The Morgan fingerprint density at radius 3 is 2.41 bits per heavy atom. The van der Waals surface area contributed by atoms with Gasteiger partial charge in [0.15, 0.2) is 11.9 Å². The Kier molecular flexibility index (Phi) is 2.56. The number of hydrogen-bond donors (Lipinski definition) is 0. The van der Waals surface area contributed by atoms with Crippen LogP contribution >= 0.6 is 0 Å². The summed E-state index contributed by atoms with van der Waals surface area (Å²) in [4.78, 5) is 23.1. The van der Waals surface area contributed by atoms with Gasteiger partial charge in [-0.3, -0.25) is 4.79 Å². The van der Waals surface area contributed by atoms with Gasteiger partial charge in [0.25, 0.3) is 0 Å². The lowest BCUT2D eigenvalue weighted by Crippen LogP contribution is -2.38. The summed E-state index contributed by atoms with van der Waals surface area (Å²) in [6.45, 7) is 5.73. The van der Waals surface area contributed by atoms with Crippen molar-refractivity contribution >= 4 is 11.8 Å². The third-order valence-corrected chi connectivity index (χ3v) is 4.89. The lowest BCUT2D eigenvalue weighted by molar-refractivity contribution is -0.169. The Morgan fingerprint density at radius 2 is 2.00 bits per heavy atom. The molecule has 0 saturated heterocycles. The van der Waals surface area contributed by atoms with E-state index in [1.54, 1.807) is 0 Å². The van der Waals surface area contributed by atoms with Gasteiger partial charge in [-0.25, -0.2) is 4.79 Å². The summed E-state index contributed by atoms with van der Waals surface area (Å²) < 4.78 is 29.0. The molecule has 0 heterocycles. The summed E-state index contributed by atoms with van der Waals surface area (Å²) in [5.41, 5.74) is -0.845. The van der Waals surface area contributed by atoms with E-state index in [1.165, 1.54) is 0 Å². The van der Waals surface area contributed by atoms with Crippen LogP contribution in [0.25, 0.3) is 0 Å². The average Bonchev–Trinajstić information content (AvgIpc) is 2.52. The maximum absolute atomic E-state index is 12.2. The number of rotatable bonds is 2. The number of halogens is 2. The first-order valence-corrected chi connectivity index (χ1v) is 5.75. The van der Waals surface area contributed by atoms with Gasteiger partial charge in [-0.05, 0) is 18.3 Å². The Balaban J connectivity index is 2.23. The molecular weight excluding hydrogens is 230 g/mol. The number of hydrogen-bond acceptors (Lipinski definition) is 3. The number of fused-ring (bicyclic) bond motifs is 2. The molecule has 17 heavy (non-hydrogen) atoms. The van der Waals surface area contributed by atoms with Gasteiger partial charge in [0, 0.05) is 11.3 Å². The largest absolute Gasteiger partial charge is 0.450 e. The van der Waals surface area contributed by atoms with Crippen molar-refractivity contribution in [2.45, 2.75) is 46.1 Å². The van der Waals surface area contributed by atoms with Gasteiger partial charge in [0.05, 0.1) is 0 Å². The second kappa shape index (κ2) is 3.50. The molecule has 2 aliphatic carbocycles. The van der Waals surface area contributed by atoms with Crippen LogP contribution in [0, 0.1) is 16.7 Å². The minimum atomic E-state index is -3.17. The van der Waals surface area contributed by atoms with Crippen LogP contribution < -0.4 is 0 Å². The number of carbonyl (C=O) groups is 2. The average molecular weight is 246 g/mol. The monoisotopic (exact) mass is 246 g/mol. The number of Topliss-reactive ketones (excluding diaryl/α,β-unsaturated/α-hetero) is 1. The summed E-state index contributed by atoms with van der Waals surface area (Å²) in [6, 6.07) is 0. The molecular formula is C12H16F2O3. The summed E-state index contributed by atoms with van der Waals surface area (Å²) in [7, 11) is 0. The van der Waals surface area contributed by atoms with Crippen LogP contribution in [-0.2, 0) is 14.3 Å². The maximum Gasteiger partial charge on any atom is 0.374 e. The van der Waals surface area contributed by atoms with Crippen LogP contribution in [0.2, 0.25) is 0 Å². The lowest BCUT2D eigenvalue weighted by atomic mass is 9.70. The molecule has 2 bridgehead atoms. The quantitative estimate of drug-likeness (QED) is 0.701. The molecule has 5 heteroatoms. The molecule has 0 spiro atoms. The van der Waals surface area contributed by atoms with Crippen LogP contribution in [0.3, 0.4) is 0 Å². The van der Waals surface area contributed by atoms with Crippen LogP contribution in [0.5, 0.6) is 0 Å². The van der Waals surface area contributed by atoms with Crippen LogP contribution in [0.4, 0.5) is 8.78 Å². The van der Waals surface area contributed by atoms with E-state index in [-0.39, 0.29) is 17.1 Å². The van der Waals surface area contributed by atoms with Crippen molar-refractivity contribution in [2.75, 3.05) is 0 Å². The van der Waals surface area contributed by atoms with Crippen LogP contribution in [0.1, 0.15) is 33.6 Å². The van der Waals surface area contributed by atoms with Gasteiger partial charge in [0.2, 0.25) is 0 Å². The molecule has 3 atom stereocenters. The fourth-order valence-electron chi connectivity index (χ4n) is 3.32. The molecule has 3 nitrogen and oxygen atoms in total. The molecule has 2 saturated carbocycles. The topological polar surface area (TPSA) is 43.4 Å². The van der Waals surface area contributed by atoms with Gasteiger partial charge in [-0.1, -0.05) is 20.8 Å². The van der Waals surface area contributed by atoms with E-state index >= 15 is 0 Å². The molecule has 96 valence electrons. The van der Waals surface area contributed by atoms with Gasteiger partial charge in [0.1, 0.15) is 0 Å². The van der Waals surface area contributed by atoms with E-state index in [0.29, 0.717) is 0 Å². The molecule has 0 aromatic heterocycles. The van der Waals surface area contributed by atoms with Gasteiger partial charge in [-0.2, -0.15) is 8.78 Å². The van der Waals surface area contributed by atoms with Crippen molar-refractivity contribution in [3.8, 4) is 0 Å². The Labute approximate surface area is 98.5 Å². The highest BCUT2D eigenvalue weighted by Gasteiger charge is 2.67. The van der Waals surface area contributed by atoms with Crippen molar-refractivity contribution in [3.05, 3.63) is 0 Å². The number of ether oxygens (including phenoxy) is 1. The number of carbonyl (C=O) groups excluding carboxylic acids is 2. The van der Waals surface area contributed by atoms with Crippen molar-refractivity contribution in [3.63, 3.8) is 0 Å². The van der Waals surface area contributed by atoms with Gasteiger partial charge < -0.3 is 4.74 Å². The van der Waals surface area contributed by atoms with Crippen molar-refractivity contribution in [2.24, 2.45) is 16.7 Å². The minimum Gasteiger partial charge on any atom is -0.450 e. The maximum atomic E-state index is 12.2. The Hall–Kier alpha value is -1.00. The third kappa shape index (κ3) is 1.44. The molecule has 0 aliphatic heterocycles. The van der Waals surface area contributed by atoms with Crippen LogP contribution in [-0.4, -0.2) is 24.3 Å². The lowest BCUT2D eigenvalue weighted by Gasteiger charge is -2.31. The first-order valence-electron chi connectivity index (χ1n) is 5.75. The molecule has 0 radical (unpaired) electrons. The second-order valence-corrected chi connectivity index (χ2v) is 5.72. The summed E-state index contributed by atoms with van der Waals surface area (Å²) >= 11 is 0. The zero-order valence-corrected chi connectivity index (χ0v) is 10.1. The summed E-state index contributed by atoms with van der Waals surface area (Å²) in [5.74, 6) is -1.93. The van der Waals surface area contributed by atoms with E-state index < -0.39 is 23.9 Å². The van der Waals surface area contributed by atoms with Gasteiger partial charge in [-0.15, -0.1) is 0 Å². The van der Waals surface area contributed by atoms with E-state index in [9.17, 15) is 18.4 Å². The second-order valence-electron chi connectivity index (χ2n) is 5.72. The van der Waals surface area contributed by atoms with Crippen molar-refractivity contribution < 1.29 is 23.1 Å². The molecule has 2 fully saturated rings. The first kappa shape index (κ1) is 12.5. The predicted molar refractivity (Wildman–Crippen MR) is 55.5 cm³/mol. The van der Waals surface area contributed by atoms with Gasteiger partial charge >= 0.3 is 12.4 Å². The molecule has 0 aromatic carbocycles. The molecule has 2 rings (SSSR count). The Bertz CT molecular complexity index is 378. The third-order valence-electron chi connectivity index (χ3n) is 4.89. The zero-order chi connectivity index (χ0) is 13.0. The summed E-state index contributed by atoms with van der Waals surface area (Å²) in [5, 5.41) is 0. The number of alkyl halides is 2. The normalized spacial score (nSPS) is 38.8. The number of ketones is 1. The molecule has 0 aromatic rings. The highest BCUT2D eigenvalue weighted by Crippen LogP contribution is 2.64. The highest BCUT2D eigenvalue weighted by molar-refractivity contribution is 5.95. The smallest absolute Gasteiger partial charge is 0.374 e. The Morgan fingerprint density at radius 1 is 1.41 bits per heavy atom. The van der Waals surface area contributed by atoms with Crippen molar-refractivity contribution in [1.82, 2.24) is 0 Å². The molecule has 3 unspecified atom stereocenters. The number of esters is 1. The fourth-order valence-corrected chi connectivity index (χ4v) is 3.32. The first-order chi connectivity index (χ1) is 7.72. The van der Waals surface area contributed by atoms with E-state index in [0.717, 1.165) is 12.8 Å². The predicted octanol–water partition coefficient (Wildman–Crippen LogP) is 2.19. The van der Waals surface area contributed by atoms with E-state index in [4.69, 9.17) is 0 Å². The van der Waals surface area contributed by atoms with E-state index in [1.807, 2.05) is 20.8 Å². The van der Waals surface area contributed by atoms with Crippen LogP contribution in [0.15, 0.2) is 0 Å².